The topological polar surface area (TPSA) is 85.5 Å². The quantitative estimate of drug-likeness (QED) is 0.444. The molecule has 9 heteroatoms. The number of benzene rings is 2. The van der Waals surface area contributed by atoms with Gasteiger partial charge >= 0.3 is 0 Å². The Morgan fingerprint density at radius 3 is 2.81 bits per heavy atom. The molecule has 0 aliphatic carbocycles. The van der Waals surface area contributed by atoms with Crippen LogP contribution in [0.1, 0.15) is 46.1 Å². The highest BCUT2D eigenvalue weighted by molar-refractivity contribution is 7.15. The van der Waals surface area contributed by atoms with E-state index in [1.807, 2.05) is 6.92 Å². The van der Waals surface area contributed by atoms with Crippen molar-refractivity contribution in [3.8, 4) is 5.75 Å². The van der Waals surface area contributed by atoms with Crippen molar-refractivity contribution in [3.63, 3.8) is 0 Å². The molecule has 0 spiro atoms. The summed E-state index contributed by atoms with van der Waals surface area (Å²) in [5.74, 6) is -0.551. The Hall–Kier alpha value is -3.59. The third-order valence-corrected chi connectivity index (χ3v) is 6.35. The van der Waals surface area contributed by atoms with Crippen LogP contribution in [-0.2, 0) is 6.42 Å². The van der Waals surface area contributed by atoms with E-state index >= 15 is 0 Å². The van der Waals surface area contributed by atoms with Gasteiger partial charge in [-0.25, -0.2) is 4.39 Å². The van der Waals surface area contributed by atoms with Gasteiger partial charge in [-0.15, -0.1) is 10.2 Å². The van der Waals surface area contributed by atoms with Gasteiger partial charge in [0, 0.05) is 6.42 Å². The molecule has 3 heterocycles. The third-order valence-electron chi connectivity index (χ3n) is 5.37. The second-order valence-corrected chi connectivity index (χ2v) is 8.44. The summed E-state index contributed by atoms with van der Waals surface area (Å²) in [6.45, 7) is 2.03. The zero-order valence-corrected chi connectivity index (χ0v) is 18.1. The summed E-state index contributed by atoms with van der Waals surface area (Å²) in [5.41, 5.74) is 0.488. The zero-order chi connectivity index (χ0) is 22.4. The fourth-order valence-corrected chi connectivity index (χ4v) is 4.89. The zero-order valence-electron chi connectivity index (χ0n) is 17.3. The van der Waals surface area contributed by atoms with Crippen LogP contribution < -0.4 is 15.1 Å². The Labute approximate surface area is 186 Å². The van der Waals surface area contributed by atoms with Crippen molar-refractivity contribution in [2.45, 2.75) is 25.8 Å². The number of aryl methyl sites for hydroxylation is 1. The number of hydrogen-bond acceptors (Lipinski definition) is 7. The lowest BCUT2D eigenvalue weighted by molar-refractivity contribution is 0.0970. The molecule has 1 atom stereocenters. The van der Waals surface area contributed by atoms with Gasteiger partial charge in [-0.2, -0.15) is 0 Å². The molecule has 7 nitrogen and oxygen atoms in total. The first kappa shape index (κ1) is 20.3. The van der Waals surface area contributed by atoms with Crippen molar-refractivity contribution < 1.29 is 18.3 Å². The summed E-state index contributed by atoms with van der Waals surface area (Å²) < 4.78 is 25.1. The molecule has 0 N–H and O–H groups in total. The molecule has 4 aromatic rings. The van der Waals surface area contributed by atoms with Gasteiger partial charge in [0.15, 0.2) is 5.43 Å². The van der Waals surface area contributed by atoms with E-state index in [-0.39, 0.29) is 22.3 Å². The Balaban J connectivity index is 1.77. The monoisotopic (exact) mass is 451 g/mol. The van der Waals surface area contributed by atoms with Crippen LogP contribution in [0.2, 0.25) is 0 Å². The summed E-state index contributed by atoms with van der Waals surface area (Å²) >= 11 is 1.30. The van der Waals surface area contributed by atoms with Crippen molar-refractivity contribution >= 4 is 33.3 Å². The lowest BCUT2D eigenvalue weighted by Gasteiger charge is -2.22. The van der Waals surface area contributed by atoms with E-state index in [0.717, 1.165) is 23.9 Å². The number of ether oxygens (including phenoxy) is 1. The highest BCUT2D eigenvalue weighted by Gasteiger charge is 2.45. The number of fused-ring (bicyclic) bond motifs is 2. The maximum absolute atomic E-state index is 13.9. The first-order valence-electron chi connectivity index (χ1n) is 10.1. The maximum atomic E-state index is 13.9. The van der Waals surface area contributed by atoms with E-state index in [0.29, 0.717) is 16.4 Å². The number of hydrogen-bond donors (Lipinski definition) is 0. The van der Waals surface area contributed by atoms with Crippen LogP contribution in [0.5, 0.6) is 5.75 Å². The van der Waals surface area contributed by atoms with Gasteiger partial charge in [0.25, 0.3) is 5.91 Å². The predicted octanol–water partition coefficient (Wildman–Crippen LogP) is 4.49. The summed E-state index contributed by atoms with van der Waals surface area (Å²) in [4.78, 5) is 28.4. The Kier molecular flexibility index (Phi) is 4.97. The van der Waals surface area contributed by atoms with E-state index in [9.17, 15) is 14.0 Å². The minimum absolute atomic E-state index is 0.0748. The summed E-state index contributed by atoms with van der Waals surface area (Å²) in [6, 6.07) is 9.96. The fraction of sp³-hybridized carbons (Fsp3) is 0.217. The van der Waals surface area contributed by atoms with Crippen LogP contribution in [0.4, 0.5) is 9.52 Å². The SMILES string of the molecule is CCCc1nnc(N2C(=O)c3oc4ccc(F)cc4c(=O)c3[C@H]2c2cccc(OC)c2)s1. The number of nitrogens with zero attached hydrogens (tertiary/aromatic N) is 3. The Bertz CT molecular complexity index is 1410. The third kappa shape index (κ3) is 3.16. The Morgan fingerprint density at radius 1 is 1.19 bits per heavy atom. The second-order valence-electron chi connectivity index (χ2n) is 7.40. The van der Waals surface area contributed by atoms with Crippen LogP contribution in [0, 0.1) is 5.82 Å². The van der Waals surface area contributed by atoms with Crippen molar-refractivity contribution in [1.82, 2.24) is 10.2 Å². The minimum atomic E-state index is -0.807. The van der Waals surface area contributed by atoms with Crippen LogP contribution in [0.25, 0.3) is 11.0 Å². The fourth-order valence-electron chi connectivity index (χ4n) is 3.93. The van der Waals surface area contributed by atoms with E-state index in [4.69, 9.17) is 9.15 Å². The summed E-state index contributed by atoms with van der Waals surface area (Å²) in [6.07, 6.45) is 1.62. The molecular formula is C23H18FN3O4S. The average Bonchev–Trinajstić information content (AvgIpc) is 3.37. The van der Waals surface area contributed by atoms with Gasteiger partial charge in [-0.05, 0) is 42.3 Å². The molecule has 2 aromatic carbocycles. The molecule has 2 aromatic heterocycles. The smallest absolute Gasteiger partial charge is 0.297 e. The number of methoxy groups -OCH3 is 1. The van der Waals surface area contributed by atoms with Crippen LogP contribution >= 0.6 is 11.3 Å². The normalized spacial score (nSPS) is 15.4. The molecule has 0 saturated carbocycles. The number of amides is 1. The average molecular weight is 451 g/mol. The van der Waals surface area contributed by atoms with Gasteiger partial charge < -0.3 is 9.15 Å². The van der Waals surface area contributed by atoms with Gasteiger partial charge in [-0.1, -0.05) is 30.4 Å². The molecular weight excluding hydrogens is 433 g/mol. The van der Waals surface area contributed by atoms with Crippen molar-refractivity contribution in [2.75, 3.05) is 12.0 Å². The highest BCUT2D eigenvalue weighted by Crippen LogP contribution is 2.42. The Morgan fingerprint density at radius 2 is 2.03 bits per heavy atom. The molecule has 0 bridgehead atoms. The van der Waals surface area contributed by atoms with Crippen molar-refractivity contribution in [3.05, 3.63) is 80.4 Å². The molecule has 1 aliphatic heterocycles. The predicted molar refractivity (Wildman–Crippen MR) is 118 cm³/mol. The molecule has 0 fully saturated rings. The maximum Gasteiger partial charge on any atom is 0.297 e. The molecule has 0 saturated heterocycles. The van der Waals surface area contributed by atoms with Gasteiger partial charge in [-0.3, -0.25) is 14.5 Å². The molecule has 1 amide bonds. The highest BCUT2D eigenvalue weighted by atomic mass is 32.1. The van der Waals surface area contributed by atoms with Gasteiger partial charge in [0.2, 0.25) is 10.9 Å². The number of rotatable bonds is 5. The molecule has 162 valence electrons. The first-order chi connectivity index (χ1) is 15.5. The van der Waals surface area contributed by atoms with E-state index < -0.39 is 23.2 Å². The number of halogens is 1. The standard InChI is InChI=1S/C23H18FN3O4S/c1-3-5-17-25-26-23(32-17)27-19(12-6-4-7-14(10-12)30-2)18-20(28)15-11-13(24)8-9-16(15)31-21(18)22(27)29/h4,6-11,19H,3,5H2,1-2H3/t19-/m1/s1. The van der Waals surface area contributed by atoms with Crippen LogP contribution in [-0.4, -0.2) is 23.2 Å². The minimum Gasteiger partial charge on any atom is -0.497 e. The number of carbonyl (C=O) groups excluding carboxylic acids is 1. The molecule has 0 radical (unpaired) electrons. The first-order valence-corrected chi connectivity index (χ1v) is 10.9. The number of aromatic nitrogens is 2. The largest absolute Gasteiger partial charge is 0.497 e. The summed E-state index contributed by atoms with van der Waals surface area (Å²) in [7, 11) is 1.54. The lowest BCUT2D eigenvalue weighted by Crippen LogP contribution is -2.29. The van der Waals surface area contributed by atoms with E-state index in [1.54, 1.807) is 24.3 Å². The molecule has 1 aliphatic rings. The van der Waals surface area contributed by atoms with Crippen LogP contribution in [0.3, 0.4) is 0 Å². The van der Waals surface area contributed by atoms with E-state index in [2.05, 4.69) is 10.2 Å². The second kappa shape index (κ2) is 7.83. The molecule has 5 rings (SSSR count). The molecule has 32 heavy (non-hydrogen) atoms. The van der Waals surface area contributed by atoms with E-state index in [1.165, 1.54) is 35.5 Å². The molecule has 0 unspecified atom stereocenters. The summed E-state index contributed by atoms with van der Waals surface area (Å²) in [5, 5.41) is 9.65. The van der Waals surface area contributed by atoms with Gasteiger partial charge in [0.1, 0.15) is 22.2 Å². The number of anilines is 1. The van der Waals surface area contributed by atoms with Gasteiger partial charge in [0.05, 0.1) is 24.1 Å². The van der Waals surface area contributed by atoms with Crippen LogP contribution in [0.15, 0.2) is 51.7 Å². The lowest BCUT2D eigenvalue weighted by atomic mass is 9.98. The van der Waals surface area contributed by atoms with Crippen molar-refractivity contribution in [2.24, 2.45) is 0 Å². The van der Waals surface area contributed by atoms with Crippen molar-refractivity contribution in [1.29, 1.82) is 0 Å². The number of carbonyl (C=O) groups is 1.